The summed E-state index contributed by atoms with van der Waals surface area (Å²) in [4.78, 5) is 17.2. The molecule has 4 rings (SSSR count). The van der Waals surface area contributed by atoms with Crippen LogP contribution in [0, 0.1) is 0 Å². The molecule has 0 amide bonds. The number of piperazine rings is 3. The summed E-state index contributed by atoms with van der Waals surface area (Å²) in [5, 5.41) is 0. The first-order valence-electron chi connectivity index (χ1n) is 7.38. The van der Waals surface area contributed by atoms with E-state index >= 15 is 0 Å². The molecule has 3 aliphatic rings. The third kappa shape index (κ3) is 2.86. The van der Waals surface area contributed by atoms with Crippen LogP contribution in [0.1, 0.15) is 12.0 Å². The van der Waals surface area contributed by atoms with Crippen molar-refractivity contribution in [2.45, 2.75) is 18.9 Å². The van der Waals surface area contributed by atoms with Gasteiger partial charge in [-0.05, 0) is 24.1 Å². The van der Waals surface area contributed by atoms with Gasteiger partial charge in [0.25, 0.3) is 0 Å². The number of aryl methyl sites for hydroxylation is 1. The average Bonchev–Trinajstić information content (AvgIpc) is 2.54. The highest BCUT2D eigenvalue weighted by Gasteiger charge is 2.35. The molecule has 1 unspecified atom stereocenters. The quantitative estimate of drug-likeness (QED) is 0.807. The fourth-order valence-electron chi connectivity index (χ4n) is 3.15. The highest BCUT2D eigenvalue weighted by Crippen LogP contribution is 2.19. The van der Waals surface area contributed by atoms with E-state index in [2.05, 4.69) is 9.80 Å². The molecule has 1 atom stereocenters. The molecule has 1 aromatic carbocycles. The number of ketones is 1. The van der Waals surface area contributed by atoms with Gasteiger partial charge in [-0.15, -0.1) is 0 Å². The van der Waals surface area contributed by atoms with E-state index in [1.165, 1.54) is 5.56 Å². The number of rotatable bonds is 5. The average molecular weight is 274 g/mol. The van der Waals surface area contributed by atoms with E-state index in [1.54, 1.807) is 7.11 Å². The SMILES string of the molecule is COc1ccc(CCC(=O)C2CN3CCN2CC3)cc1. The Morgan fingerprint density at radius 3 is 2.45 bits per heavy atom. The number of nitrogens with zero attached hydrogens (tertiary/aromatic N) is 2. The number of benzene rings is 1. The molecule has 3 aliphatic heterocycles. The number of methoxy groups -OCH3 is 1. The van der Waals surface area contributed by atoms with Crippen LogP contribution in [0.5, 0.6) is 5.75 Å². The van der Waals surface area contributed by atoms with Crippen molar-refractivity contribution in [1.82, 2.24) is 9.80 Å². The highest BCUT2D eigenvalue weighted by molar-refractivity contribution is 5.84. The van der Waals surface area contributed by atoms with Crippen LogP contribution >= 0.6 is 0 Å². The molecule has 0 aliphatic carbocycles. The first-order chi connectivity index (χ1) is 9.76. The van der Waals surface area contributed by atoms with E-state index in [4.69, 9.17) is 4.74 Å². The van der Waals surface area contributed by atoms with Crippen molar-refractivity contribution in [2.24, 2.45) is 0 Å². The molecule has 4 nitrogen and oxygen atoms in total. The van der Waals surface area contributed by atoms with Gasteiger partial charge in [-0.2, -0.15) is 0 Å². The molecule has 0 spiro atoms. The van der Waals surface area contributed by atoms with Crippen LogP contribution in [0.15, 0.2) is 24.3 Å². The number of hydrogen-bond acceptors (Lipinski definition) is 4. The summed E-state index contributed by atoms with van der Waals surface area (Å²) in [5.41, 5.74) is 1.20. The third-order valence-electron chi connectivity index (χ3n) is 4.47. The number of fused-ring (bicyclic) bond motifs is 3. The Bertz CT molecular complexity index is 464. The molecule has 108 valence electrons. The summed E-state index contributed by atoms with van der Waals surface area (Å²) in [6.07, 6.45) is 1.47. The summed E-state index contributed by atoms with van der Waals surface area (Å²) in [6.45, 7) is 5.30. The number of hydrogen-bond donors (Lipinski definition) is 0. The highest BCUT2D eigenvalue weighted by atomic mass is 16.5. The Hall–Kier alpha value is -1.39. The van der Waals surface area contributed by atoms with Crippen molar-refractivity contribution < 1.29 is 9.53 Å². The normalized spacial score (nSPS) is 28.4. The fraction of sp³-hybridized carbons (Fsp3) is 0.562. The summed E-state index contributed by atoms with van der Waals surface area (Å²) >= 11 is 0. The topological polar surface area (TPSA) is 32.8 Å². The van der Waals surface area contributed by atoms with Gasteiger partial charge in [0, 0.05) is 39.1 Å². The lowest BCUT2D eigenvalue weighted by atomic mass is 9.98. The number of Topliss-reactive ketones (excluding diaryl/α,β-unsaturated/α-hetero) is 1. The largest absolute Gasteiger partial charge is 0.497 e. The van der Waals surface area contributed by atoms with Crippen molar-refractivity contribution in [3.05, 3.63) is 29.8 Å². The zero-order valence-corrected chi connectivity index (χ0v) is 12.0. The van der Waals surface area contributed by atoms with Crippen molar-refractivity contribution in [3.63, 3.8) is 0 Å². The van der Waals surface area contributed by atoms with E-state index in [-0.39, 0.29) is 6.04 Å². The van der Waals surface area contributed by atoms with Gasteiger partial charge < -0.3 is 4.74 Å². The fourth-order valence-corrected chi connectivity index (χ4v) is 3.15. The second-order valence-corrected chi connectivity index (χ2v) is 5.67. The first kappa shape index (κ1) is 13.6. The molecule has 4 heteroatoms. The molecule has 1 aromatic rings. The third-order valence-corrected chi connectivity index (χ3v) is 4.47. The molecule has 0 N–H and O–H groups in total. The van der Waals surface area contributed by atoms with Crippen LogP contribution in [0.3, 0.4) is 0 Å². The minimum absolute atomic E-state index is 0.135. The molecule has 0 saturated carbocycles. The van der Waals surface area contributed by atoms with E-state index in [1.807, 2.05) is 24.3 Å². The van der Waals surface area contributed by atoms with Gasteiger partial charge in [0.15, 0.2) is 5.78 Å². The van der Waals surface area contributed by atoms with Gasteiger partial charge in [-0.3, -0.25) is 14.6 Å². The van der Waals surface area contributed by atoms with Crippen LogP contribution in [0.25, 0.3) is 0 Å². The Morgan fingerprint density at radius 2 is 1.90 bits per heavy atom. The minimum atomic E-state index is 0.135. The van der Waals surface area contributed by atoms with Crippen LogP contribution in [-0.2, 0) is 11.2 Å². The summed E-state index contributed by atoms with van der Waals surface area (Å²) in [7, 11) is 1.67. The van der Waals surface area contributed by atoms with Gasteiger partial charge in [0.05, 0.1) is 13.2 Å². The Labute approximate surface area is 120 Å². The number of carbonyl (C=O) groups excluding carboxylic acids is 1. The predicted octanol–water partition coefficient (Wildman–Crippen LogP) is 1.20. The standard InChI is InChI=1S/C16H22N2O2/c1-20-14-5-2-13(3-6-14)4-7-16(19)15-12-17-8-10-18(15)11-9-17/h2-3,5-6,15H,4,7-12H2,1H3. The Kier molecular flexibility index (Phi) is 4.03. The maximum Gasteiger partial charge on any atom is 0.151 e. The van der Waals surface area contributed by atoms with E-state index in [0.29, 0.717) is 12.2 Å². The number of ether oxygens (including phenoxy) is 1. The smallest absolute Gasteiger partial charge is 0.151 e. The molecule has 3 fully saturated rings. The number of carbonyl (C=O) groups is 1. The predicted molar refractivity (Wildman–Crippen MR) is 78.1 cm³/mol. The second kappa shape index (κ2) is 5.94. The van der Waals surface area contributed by atoms with Gasteiger partial charge in [-0.1, -0.05) is 12.1 Å². The lowest BCUT2D eigenvalue weighted by Gasteiger charge is -2.46. The Balaban J connectivity index is 1.53. The van der Waals surface area contributed by atoms with Crippen LogP contribution in [-0.4, -0.2) is 61.5 Å². The lowest BCUT2D eigenvalue weighted by molar-refractivity contribution is -0.129. The molecule has 3 saturated heterocycles. The van der Waals surface area contributed by atoms with E-state index < -0.39 is 0 Å². The second-order valence-electron chi connectivity index (χ2n) is 5.67. The zero-order chi connectivity index (χ0) is 13.9. The van der Waals surface area contributed by atoms with E-state index in [0.717, 1.165) is 44.9 Å². The summed E-state index contributed by atoms with van der Waals surface area (Å²) in [5.74, 6) is 1.26. The first-order valence-corrected chi connectivity index (χ1v) is 7.38. The molecule has 0 radical (unpaired) electrons. The van der Waals surface area contributed by atoms with Crippen LogP contribution < -0.4 is 4.74 Å². The van der Waals surface area contributed by atoms with Crippen LogP contribution in [0.2, 0.25) is 0 Å². The molecular weight excluding hydrogens is 252 g/mol. The minimum Gasteiger partial charge on any atom is -0.497 e. The van der Waals surface area contributed by atoms with Crippen molar-refractivity contribution in [2.75, 3.05) is 39.8 Å². The summed E-state index contributed by atoms with van der Waals surface area (Å²) < 4.78 is 5.14. The van der Waals surface area contributed by atoms with Crippen molar-refractivity contribution >= 4 is 5.78 Å². The summed E-state index contributed by atoms with van der Waals surface area (Å²) in [6, 6.07) is 8.14. The monoisotopic (exact) mass is 274 g/mol. The molecule has 2 bridgehead atoms. The van der Waals surface area contributed by atoms with Gasteiger partial charge in [0.2, 0.25) is 0 Å². The molecule has 3 heterocycles. The lowest BCUT2D eigenvalue weighted by Crippen LogP contribution is -2.63. The maximum absolute atomic E-state index is 12.4. The van der Waals surface area contributed by atoms with Crippen molar-refractivity contribution in [1.29, 1.82) is 0 Å². The zero-order valence-electron chi connectivity index (χ0n) is 12.0. The van der Waals surface area contributed by atoms with Crippen molar-refractivity contribution in [3.8, 4) is 5.75 Å². The maximum atomic E-state index is 12.4. The Morgan fingerprint density at radius 1 is 1.20 bits per heavy atom. The van der Waals surface area contributed by atoms with Gasteiger partial charge in [0.1, 0.15) is 5.75 Å². The molecular formula is C16H22N2O2. The molecule has 0 aromatic heterocycles. The molecule has 20 heavy (non-hydrogen) atoms. The van der Waals surface area contributed by atoms with Crippen LogP contribution in [0.4, 0.5) is 0 Å². The van der Waals surface area contributed by atoms with Gasteiger partial charge in [-0.25, -0.2) is 0 Å². The van der Waals surface area contributed by atoms with Gasteiger partial charge >= 0.3 is 0 Å². The van der Waals surface area contributed by atoms with E-state index in [9.17, 15) is 4.79 Å².